The molecule has 1 aromatic heterocycles. The minimum absolute atomic E-state index is 0.291. The summed E-state index contributed by atoms with van der Waals surface area (Å²) in [6.07, 6.45) is -2.62. The minimum Gasteiger partial charge on any atom is -0.465 e. The molecule has 1 heterocycles. The first-order valence-electron chi connectivity index (χ1n) is 5.55. The lowest BCUT2D eigenvalue weighted by Gasteiger charge is -2.05. The highest BCUT2D eigenvalue weighted by Crippen LogP contribution is 2.22. The summed E-state index contributed by atoms with van der Waals surface area (Å²) < 4.78 is 29.8. The summed E-state index contributed by atoms with van der Waals surface area (Å²) in [6.45, 7) is 0. The van der Waals surface area contributed by atoms with Gasteiger partial charge in [-0.05, 0) is 24.3 Å². The van der Waals surface area contributed by atoms with Gasteiger partial charge < -0.3 is 4.74 Å². The van der Waals surface area contributed by atoms with E-state index in [1.165, 1.54) is 19.2 Å². The zero-order valence-corrected chi connectivity index (χ0v) is 10.1. The van der Waals surface area contributed by atoms with E-state index in [-0.39, 0.29) is 5.69 Å². The Morgan fingerprint density at radius 2 is 1.95 bits per heavy atom. The summed E-state index contributed by atoms with van der Waals surface area (Å²) >= 11 is 0. The van der Waals surface area contributed by atoms with Crippen LogP contribution in [0.15, 0.2) is 42.5 Å². The van der Waals surface area contributed by atoms with Crippen LogP contribution < -0.4 is 0 Å². The van der Waals surface area contributed by atoms with E-state index in [1.807, 2.05) is 0 Å². The van der Waals surface area contributed by atoms with Crippen molar-refractivity contribution in [3.63, 3.8) is 0 Å². The quantitative estimate of drug-likeness (QED) is 0.796. The zero-order chi connectivity index (χ0) is 13.8. The molecule has 3 nitrogen and oxygen atoms in total. The van der Waals surface area contributed by atoms with Gasteiger partial charge in [0.1, 0.15) is 5.69 Å². The average Bonchev–Trinajstić information content (AvgIpc) is 2.46. The third kappa shape index (κ3) is 2.93. The highest BCUT2D eigenvalue weighted by molar-refractivity contribution is 5.90. The van der Waals surface area contributed by atoms with Gasteiger partial charge in [-0.15, -0.1) is 0 Å². The second-order valence-corrected chi connectivity index (χ2v) is 3.82. The maximum Gasteiger partial charge on any atom is 0.337 e. The van der Waals surface area contributed by atoms with Crippen molar-refractivity contribution in [3.05, 3.63) is 53.7 Å². The van der Waals surface area contributed by atoms with E-state index >= 15 is 0 Å². The molecule has 0 radical (unpaired) electrons. The summed E-state index contributed by atoms with van der Waals surface area (Å²) in [7, 11) is 1.28. The first-order valence-corrected chi connectivity index (χ1v) is 5.55. The lowest BCUT2D eigenvalue weighted by atomic mass is 10.1. The van der Waals surface area contributed by atoms with E-state index in [9.17, 15) is 13.6 Å². The maximum absolute atomic E-state index is 12.6. The van der Waals surface area contributed by atoms with Crippen molar-refractivity contribution in [2.24, 2.45) is 0 Å². The molecule has 0 spiro atoms. The van der Waals surface area contributed by atoms with Gasteiger partial charge in [0.15, 0.2) is 0 Å². The fourth-order valence-corrected chi connectivity index (χ4v) is 1.66. The van der Waals surface area contributed by atoms with Crippen LogP contribution >= 0.6 is 0 Å². The van der Waals surface area contributed by atoms with Crippen LogP contribution in [0.5, 0.6) is 0 Å². The molecule has 0 bridgehead atoms. The third-order valence-corrected chi connectivity index (χ3v) is 2.57. The van der Waals surface area contributed by atoms with Crippen molar-refractivity contribution in [2.45, 2.75) is 6.43 Å². The van der Waals surface area contributed by atoms with E-state index in [1.54, 1.807) is 30.3 Å². The lowest BCUT2D eigenvalue weighted by Crippen LogP contribution is -2.01. The molecule has 0 fully saturated rings. The maximum atomic E-state index is 12.6. The van der Waals surface area contributed by atoms with Gasteiger partial charge in [-0.25, -0.2) is 18.6 Å². The van der Waals surface area contributed by atoms with Gasteiger partial charge in [0.25, 0.3) is 6.43 Å². The molecule has 19 heavy (non-hydrogen) atoms. The number of pyridine rings is 1. The standard InChI is InChI=1S/C14H11F2NO2/c1-19-14(18)10-5-2-4-9(8-10)11-6-3-7-12(17-11)13(15)16/h2-8,13H,1H3. The molecule has 0 saturated heterocycles. The van der Waals surface area contributed by atoms with Gasteiger partial charge in [0.05, 0.1) is 18.4 Å². The van der Waals surface area contributed by atoms with E-state index in [2.05, 4.69) is 9.72 Å². The number of aromatic nitrogens is 1. The van der Waals surface area contributed by atoms with E-state index in [4.69, 9.17) is 0 Å². The smallest absolute Gasteiger partial charge is 0.337 e. The summed E-state index contributed by atoms with van der Waals surface area (Å²) in [4.78, 5) is 15.3. The normalized spacial score (nSPS) is 10.5. The Hall–Kier alpha value is -2.30. The van der Waals surface area contributed by atoms with Crippen molar-refractivity contribution < 1.29 is 18.3 Å². The van der Waals surface area contributed by atoms with E-state index in [0.29, 0.717) is 16.8 Å². The number of nitrogens with zero attached hydrogens (tertiary/aromatic N) is 1. The van der Waals surface area contributed by atoms with Gasteiger partial charge >= 0.3 is 5.97 Å². The third-order valence-electron chi connectivity index (χ3n) is 2.57. The van der Waals surface area contributed by atoms with E-state index in [0.717, 1.165) is 0 Å². The Kier molecular flexibility index (Phi) is 3.85. The molecular formula is C14H11F2NO2. The first-order chi connectivity index (χ1) is 9.11. The minimum atomic E-state index is -2.62. The zero-order valence-electron chi connectivity index (χ0n) is 10.1. The van der Waals surface area contributed by atoms with Gasteiger partial charge in [-0.2, -0.15) is 0 Å². The number of benzene rings is 1. The molecule has 5 heteroatoms. The monoisotopic (exact) mass is 263 g/mol. The Morgan fingerprint density at radius 3 is 2.63 bits per heavy atom. The van der Waals surface area contributed by atoms with Gasteiger partial charge in [-0.1, -0.05) is 18.2 Å². The van der Waals surface area contributed by atoms with Crippen molar-refractivity contribution in [3.8, 4) is 11.3 Å². The van der Waals surface area contributed by atoms with Crippen LogP contribution in [0.3, 0.4) is 0 Å². The number of carbonyl (C=O) groups excluding carboxylic acids is 1. The van der Waals surface area contributed by atoms with Crippen LogP contribution in [0.1, 0.15) is 22.5 Å². The molecule has 0 N–H and O–H groups in total. The number of hydrogen-bond acceptors (Lipinski definition) is 3. The molecule has 1 aromatic carbocycles. The molecule has 0 unspecified atom stereocenters. The second-order valence-electron chi connectivity index (χ2n) is 3.82. The Labute approximate surface area is 108 Å². The molecule has 2 rings (SSSR count). The Balaban J connectivity index is 2.41. The molecule has 0 aliphatic heterocycles. The van der Waals surface area contributed by atoms with Crippen LogP contribution in [-0.2, 0) is 4.74 Å². The van der Waals surface area contributed by atoms with Gasteiger partial charge in [0, 0.05) is 5.56 Å². The van der Waals surface area contributed by atoms with Crippen molar-refractivity contribution in [2.75, 3.05) is 7.11 Å². The number of rotatable bonds is 3. The summed E-state index contributed by atoms with van der Waals surface area (Å²) in [5.74, 6) is -0.480. The topological polar surface area (TPSA) is 39.2 Å². The largest absolute Gasteiger partial charge is 0.465 e. The summed E-state index contributed by atoms with van der Waals surface area (Å²) in [5.41, 5.74) is 1.04. The van der Waals surface area contributed by atoms with Crippen LogP contribution in [-0.4, -0.2) is 18.1 Å². The van der Waals surface area contributed by atoms with Crippen LogP contribution in [0.4, 0.5) is 8.78 Å². The number of alkyl halides is 2. The molecule has 2 aromatic rings. The Bertz CT molecular complexity index is 600. The highest BCUT2D eigenvalue weighted by Gasteiger charge is 2.11. The highest BCUT2D eigenvalue weighted by atomic mass is 19.3. The lowest BCUT2D eigenvalue weighted by molar-refractivity contribution is 0.0600. The average molecular weight is 263 g/mol. The van der Waals surface area contributed by atoms with Gasteiger partial charge in [-0.3, -0.25) is 0 Å². The predicted octanol–water partition coefficient (Wildman–Crippen LogP) is 3.47. The molecule has 0 amide bonds. The molecular weight excluding hydrogens is 252 g/mol. The van der Waals surface area contributed by atoms with E-state index < -0.39 is 12.4 Å². The predicted molar refractivity (Wildman–Crippen MR) is 66.0 cm³/mol. The summed E-state index contributed by atoms with van der Waals surface area (Å²) in [5, 5.41) is 0. The fraction of sp³-hybridized carbons (Fsp3) is 0.143. The fourth-order valence-electron chi connectivity index (χ4n) is 1.66. The molecule has 0 atom stereocenters. The first kappa shape index (κ1) is 13.1. The van der Waals surface area contributed by atoms with Crippen molar-refractivity contribution >= 4 is 5.97 Å². The second kappa shape index (κ2) is 5.56. The van der Waals surface area contributed by atoms with Gasteiger partial charge in [0.2, 0.25) is 0 Å². The molecule has 0 aliphatic rings. The SMILES string of the molecule is COC(=O)c1cccc(-c2cccc(C(F)F)n2)c1. The number of hydrogen-bond donors (Lipinski definition) is 0. The number of ether oxygens (including phenoxy) is 1. The number of methoxy groups -OCH3 is 1. The number of carbonyl (C=O) groups is 1. The van der Waals surface area contributed by atoms with Crippen LogP contribution in [0.2, 0.25) is 0 Å². The van der Waals surface area contributed by atoms with Crippen molar-refractivity contribution in [1.29, 1.82) is 0 Å². The summed E-state index contributed by atoms with van der Waals surface area (Å²) in [6, 6.07) is 10.9. The Morgan fingerprint density at radius 1 is 1.21 bits per heavy atom. The van der Waals surface area contributed by atoms with Crippen LogP contribution in [0, 0.1) is 0 Å². The molecule has 98 valence electrons. The molecule has 0 aliphatic carbocycles. The van der Waals surface area contributed by atoms with Crippen LogP contribution in [0.25, 0.3) is 11.3 Å². The molecule has 0 saturated carbocycles. The van der Waals surface area contributed by atoms with Crippen molar-refractivity contribution in [1.82, 2.24) is 4.98 Å². The number of esters is 1. The number of halogens is 2.